The molecule has 1 N–H and O–H groups in total. The standard InChI is InChI=1S/C19H17NO5S/c1-23-14-9-12(10-15(24-2)17(14)25-3)20-18(21)16-8-11-6-4-5-7-13(11)19(22)26-16/h4-10H,1-3H3,(H,20,21). The molecule has 1 amide bonds. The molecule has 0 bridgehead atoms. The topological polar surface area (TPSA) is 73.9 Å². The molecule has 0 aliphatic rings. The van der Waals surface area contributed by atoms with Crippen LogP contribution in [0.5, 0.6) is 17.2 Å². The van der Waals surface area contributed by atoms with Crippen molar-refractivity contribution in [1.29, 1.82) is 0 Å². The van der Waals surface area contributed by atoms with Crippen LogP contribution in [0.3, 0.4) is 0 Å². The summed E-state index contributed by atoms with van der Waals surface area (Å²) < 4.78 is 15.7. The van der Waals surface area contributed by atoms with Gasteiger partial charge < -0.3 is 19.5 Å². The number of methoxy groups -OCH3 is 3. The number of amides is 1. The largest absolute Gasteiger partial charge is 0.493 e. The molecule has 2 aromatic carbocycles. The Hall–Kier alpha value is -3.06. The van der Waals surface area contributed by atoms with E-state index in [2.05, 4.69) is 5.32 Å². The van der Waals surface area contributed by atoms with Gasteiger partial charge in [0.25, 0.3) is 5.91 Å². The zero-order chi connectivity index (χ0) is 18.7. The van der Waals surface area contributed by atoms with Gasteiger partial charge in [0.1, 0.15) is 0 Å². The highest BCUT2D eigenvalue weighted by atomic mass is 32.1. The van der Waals surface area contributed by atoms with Gasteiger partial charge in [0.2, 0.25) is 10.5 Å². The first-order valence-corrected chi connectivity index (χ1v) is 8.53. The van der Waals surface area contributed by atoms with E-state index < -0.39 is 0 Å². The lowest BCUT2D eigenvalue weighted by atomic mass is 10.2. The molecule has 3 rings (SSSR count). The lowest BCUT2D eigenvalue weighted by molar-refractivity contribution is 0.103. The minimum absolute atomic E-state index is 0.154. The quantitative estimate of drug-likeness (QED) is 0.743. The number of carbonyl (C=O) groups is 1. The van der Waals surface area contributed by atoms with Crippen LogP contribution in [0.1, 0.15) is 9.67 Å². The van der Waals surface area contributed by atoms with Crippen molar-refractivity contribution in [3.05, 3.63) is 56.9 Å². The van der Waals surface area contributed by atoms with Gasteiger partial charge in [0, 0.05) is 23.2 Å². The van der Waals surface area contributed by atoms with E-state index in [4.69, 9.17) is 14.2 Å². The SMILES string of the molecule is COc1cc(NC(=O)c2cc3ccccc3c(=O)s2)cc(OC)c1OC. The van der Waals surface area contributed by atoms with Crippen molar-refractivity contribution < 1.29 is 19.0 Å². The number of hydrogen-bond acceptors (Lipinski definition) is 6. The second-order valence-corrected chi connectivity index (χ2v) is 6.37. The zero-order valence-electron chi connectivity index (χ0n) is 14.5. The van der Waals surface area contributed by atoms with Crippen molar-refractivity contribution >= 4 is 33.7 Å². The lowest BCUT2D eigenvalue weighted by Gasteiger charge is -2.14. The number of anilines is 1. The molecule has 0 saturated heterocycles. The minimum atomic E-state index is -0.382. The number of nitrogens with one attached hydrogen (secondary N) is 1. The van der Waals surface area contributed by atoms with Gasteiger partial charge in [-0.2, -0.15) is 0 Å². The van der Waals surface area contributed by atoms with Crippen LogP contribution in [0, 0.1) is 0 Å². The van der Waals surface area contributed by atoms with Crippen molar-refractivity contribution in [1.82, 2.24) is 0 Å². The molecule has 6 nitrogen and oxygen atoms in total. The first kappa shape index (κ1) is 17.8. The van der Waals surface area contributed by atoms with Gasteiger partial charge >= 0.3 is 0 Å². The first-order valence-electron chi connectivity index (χ1n) is 7.71. The van der Waals surface area contributed by atoms with E-state index in [1.54, 1.807) is 36.4 Å². The fourth-order valence-corrected chi connectivity index (χ4v) is 3.42. The summed E-state index contributed by atoms with van der Waals surface area (Å²) in [5.41, 5.74) is 0.470. The Balaban J connectivity index is 1.96. The summed E-state index contributed by atoms with van der Waals surface area (Å²) in [6.45, 7) is 0. The van der Waals surface area contributed by atoms with Crippen molar-refractivity contribution in [2.24, 2.45) is 0 Å². The van der Waals surface area contributed by atoms with Gasteiger partial charge in [-0.05, 0) is 17.5 Å². The highest BCUT2D eigenvalue weighted by Crippen LogP contribution is 2.40. The Kier molecular flexibility index (Phi) is 5.09. The summed E-state index contributed by atoms with van der Waals surface area (Å²) in [4.78, 5) is 25.2. The molecule has 0 aliphatic carbocycles. The third-order valence-corrected chi connectivity index (χ3v) is 4.74. The van der Waals surface area contributed by atoms with Gasteiger partial charge in [-0.25, -0.2) is 0 Å². The Labute approximate surface area is 153 Å². The van der Waals surface area contributed by atoms with Crippen LogP contribution in [-0.2, 0) is 0 Å². The number of rotatable bonds is 5. The fraction of sp³-hybridized carbons (Fsp3) is 0.158. The highest BCUT2D eigenvalue weighted by molar-refractivity contribution is 7.12. The molecule has 3 aromatic rings. The molecule has 26 heavy (non-hydrogen) atoms. The number of ether oxygens (including phenoxy) is 3. The van der Waals surface area contributed by atoms with E-state index in [1.807, 2.05) is 6.07 Å². The van der Waals surface area contributed by atoms with E-state index in [0.717, 1.165) is 16.7 Å². The highest BCUT2D eigenvalue weighted by Gasteiger charge is 2.16. The molecule has 134 valence electrons. The van der Waals surface area contributed by atoms with Crippen LogP contribution < -0.4 is 24.3 Å². The summed E-state index contributed by atoms with van der Waals surface area (Å²) in [5, 5.41) is 4.09. The summed E-state index contributed by atoms with van der Waals surface area (Å²) in [5.74, 6) is 0.901. The summed E-state index contributed by atoms with van der Waals surface area (Å²) in [7, 11) is 4.50. The Morgan fingerprint density at radius 3 is 2.23 bits per heavy atom. The van der Waals surface area contributed by atoms with Crippen LogP contribution in [0.15, 0.2) is 47.3 Å². The third kappa shape index (κ3) is 3.34. The number of fused-ring (bicyclic) bond motifs is 1. The first-order chi connectivity index (χ1) is 12.6. The summed E-state index contributed by atoms with van der Waals surface area (Å²) >= 11 is 0.907. The van der Waals surface area contributed by atoms with Crippen LogP contribution in [0.4, 0.5) is 5.69 Å². The van der Waals surface area contributed by atoms with Crippen molar-refractivity contribution in [2.75, 3.05) is 26.6 Å². The van der Waals surface area contributed by atoms with E-state index in [1.165, 1.54) is 21.3 Å². The predicted molar refractivity (Wildman–Crippen MR) is 102 cm³/mol. The van der Waals surface area contributed by atoms with E-state index in [-0.39, 0.29) is 10.6 Å². The molecule has 0 saturated carbocycles. The summed E-state index contributed by atoms with van der Waals surface area (Å²) in [6.07, 6.45) is 0. The second kappa shape index (κ2) is 7.45. The van der Waals surface area contributed by atoms with Gasteiger partial charge in [-0.3, -0.25) is 9.59 Å². The second-order valence-electron chi connectivity index (χ2n) is 5.35. The summed E-state index contributed by atoms with van der Waals surface area (Å²) in [6, 6.07) is 12.1. The Morgan fingerprint density at radius 1 is 0.962 bits per heavy atom. The van der Waals surface area contributed by atoms with Crippen LogP contribution in [0.25, 0.3) is 10.8 Å². The van der Waals surface area contributed by atoms with E-state index in [9.17, 15) is 9.59 Å². The molecule has 7 heteroatoms. The van der Waals surface area contributed by atoms with Crippen LogP contribution in [-0.4, -0.2) is 27.2 Å². The number of hydrogen-bond donors (Lipinski definition) is 1. The Bertz CT molecular complexity index is 1000. The number of benzene rings is 2. The average molecular weight is 371 g/mol. The lowest BCUT2D eigenvalue weighted by Crippen LogP contribution is -2.13. The monoisotopic (exact) mass is 371 g/mol. The zero-order valence-corrected chi connectivity index (χ0v) is 15.3. The molecule has 0 fully saturated rings. The van der Waals surface area contributed by atoms with E-state index in [0.29, 0.717) is 33.2 Å². The molecule has 1 heterocycles. The molecular weight excluding hydrogens is 354 g/mol. The van der Waals surface area contributed by atoms with Crippen LogP contribution >= 0.6 is 11.3 Å². The maximum Gasteiger partial charge on any atom is 0.265 e. The van der Waals surface area contributed by atoms with Gasteiger partial charge in [-0.15, -0.1) is 0 Å². The van der Waals surface area contributed by atoms with Gasteiger partial charge in [-0.1, -0.05) is 29.5 Å². The average Bonchev–Trinajstić information content (AvgIpc) is 2.67. The fourth-order valence-electron chi connectivity index (χ4n) is 2.59. The number of carbonyl (C=O) groups excluding carboxylic acids is 1. The van der Waals surface area contributed by atoms with Crippen LogP contribution in [0.2, 0.25) is 0 Å². The molecule has 0 spiro atoms. The molecule has 0 atom stereocenters. The van der Waals surface area contributed by atoms with Crippen molar-refractivity contribution in [3.63, 3.8) is 0 Å². The van der Waals surface area contributed by atoms with E-state index >= 15 is 0 Å². The van der Waals surface area contributed by atoms with Gasteiger partial charge in [0.15, 0.2) is 11.5 Å². The molecule has 1 aromatic heterocycles. The van der Waals surface area contributed by atoms with Gasteiger partial charge in [0.05, 0.1) is 26.2 Å². The maximum absolute atomic E-state index is 12.6. The maximum atomic E-state index is 12.6. The minimum Gasteiger partial charge on any atom is -0.493 e. The van der Waals surface area contributed by atoms with Crippen molar-refractivity contribution in [3.8, 4) is 17.2 Å². The predicted octanol–water partition coefficient (Wildman–Crippen LogP) is 3.54. The Morgan fingerprint density at radius 2 is 1.62 bits per heavy atom. The third-order valence-electron chi connectivity index (χ3n) is 3.82. The van der Waals surface area contributed by atoms with Crippen molar-refractivity contribution in [2.45, 2.75) is 0 Å². The normalized spacial score (nSPS) is 10.4. The smallest absolute Gasteiger partial charge is 0.265 e. The molecular formula is C19H17NO5S. The molecule has 0 radical (unpaired) electrons. The molecule has 0 aliphatic heterocycles. The molecule has 0 unspecified atom stereocenters.